The first-order valence-corrected chi connectivity index (χ1v) is 8.28. The Hall–Kier alpha value is -0.263. The Kier molecular flexibility index (Phi) is 4.42. The zero-order valence-corrected chi connectivity index (χ0v) is 11.6. The van der Waals surface area contributed by atoms with Gasteiger partial charge >= 0.3 is 0 Å². The summed E-state index contributed by atoms with van der Waals surface area (Å²) >= 11 is 0. The van der Waals surface area contributed by atoms with Crippen LogP contribution in [0.1, 0.15) is 34.6 Å². The van der Waals surface area contributed by atoms with Crippen LogP contribution in [0.4, 0.5) is 0 Å². The third-order valence-electron chi connectivity index (χ3n) is 3.04. The normalized spacial score (nSPS) is 14.9. The van der Waals surface area contributed by atoms with E-state index in [4.69, 9.17) is 0 Å². The van der Waals surface area contributed by atoms with Crippen LogP contribution in [-0.2, 0) is 0 Å². The van der Waals surface area contributed by atoms with Gasteiger partial charge in [0.05, 0.1) is 0 Å². The molecule has 0 heterocycles. The van der Waals surface area contributed by atoms with Crippen LogP contribution in [0.5, 0.6) is 0 Å². The Morgan fingerprint density at radius 3 is 1.86 bits per heavy atom. The minimum Gasteiger partial charge on any atom is -0.380 e. The van der Waals surface area contributed by atoms with E-state index in [2.05, 4.69) is 45.3 Å². The zero-order chi connectivity index (χ0) is 11.6. The second-order valence-corrected chi connectivity index (χ2v) is 10.8. The smallest absolute Gasteiger partial charge is 0.137 e. The summed E-state index contributed by atoms with van der Waals surface area (Å²) in [5.41, 5.74) is 3.32. The molecular formula is C12H24OSi. The van der Waals surface area contributed by atoms with Crippen LogP contribution in [-0.4, -0.2) is 19.3 Å². The number of hydrogen-bond donors (Lipinski definition) is 1. The summed E-state index contributed by atoms with van der Waals surface area (Å²) in [6.07, 6.45) is -0.468. The van der Waals surface area contributed by atoms with E-state index in [0.717, 1.165) is 0 Å². The van der Waals surface area contributed by atoms with Gasteiger partial charge in [0.1, 0.15) is 14.2 Å². The van der Waals surface area contributed by atoms with Crippen LogP contribution in [0, 0.1) is 17.4 Å². The molecule has 0 aromatic heterocycles. The highest BCUT2D eigenvalue weighted by molar-refractivity contribution is 6.87. The molecule has 0 saturated heterocycles. The van der Waals surface area contributed by atoms with Crippen molar-refractivity contribution < 1.29 is 5.11 Å². The van der Waals surface area contributed by atoms with Gasteiger partial charge in [0.15, 0.2) is 0 Å². The Morgan fingerprint density at radius 1 is 1.14 bits per heavy atom. The molecule has 0 radical (unpaired) electrons. The minimum absolute atomic E-state index is 0.229. The molecular weight excluding hydrogens is 188 g/mol. The predicted octanol–water partition coefficient (Wildman–Crippen LogP) is 3.05. The van der Waals surface area contributed by atoms with Gasteiger partial charge in [0.2, 0.25) is 0 Å². The van der Waals surface area contributed by atoms with Crippen molar-refractivity contribution in [1.29, 1.82) is 0 Å². The summed E-state index contributed by atoms with van der Waals surface area (Å²) in [5.74, 6) is 3.23. The SMILES string of the molecule is CC(C)[C@@H](O)C#C[Si](C)(C)C(C)(C)C. The average Bonchev–Trinajstić information content (AvgIpc) is 1.97. The largest absolute Gasteiger partial charge is 0.380 e. The molecule has 0 saturated carbocycles. The molecule has 1 nitrogen and oxygen atoms in total. The lowest BCUT2D eigenvalue weighted by molar-refractivity contribution is 0.181. The number of rotatable bonds is 1. The first-order chi connectivity index (χ1) is 6.08. The molecule has 1 atom stereocenters. The molecule has 0 aromatic carbocycles. The second kappa shape index (κ2) is 4.50. The van der Waals surface area contributed by atoms with Gasteiger partial charge in [-0.2, -0.15) is 0 Å². The lowest BCUT2D eigenvalue weighted by Crippen LogP contribution is -2.36. The molecule has 14 heavy (non-hydrogen) atoms. The van der Waals surface area contributed by atoms with E-state index in [1.54, 1.807) is 0 Å². The van der Waals surface area contributed by atoms with E-state index in [-0.39, 0.29) is 11.0 Å². The van der Waals surface area contributed by atoms with Crippen LogP contribution in [0.25, 0.3) is 0 Å². The maximum absolute atomic E-state index is 9.60. The maximum atomic E-state index is 9.60. The second-order valence-electron chi connectivity index (χ2n) is 5.83. The zero-order valence-electron chi connectivity index (χ0n) is 10.6. The van der Waals surface area contributed by atoms with E-state index in [1.807, 2.05) is 13.8 Å². The molecule has 82 valence electrons. The fraction of sp³-hybridized carbons (Fsp3) is 0.833. The summed E-state index contributed by atoms with van der Waals surface area (Å²) in [5, 5.41) is 9.88. The molecule has 0 aliphatic carbocycles. The van der Waals surface area contributed by atoms with Gasteiger partial charge in [-0.05, 0) is 11.0 Å². The fourth-order valence-electron chi connectivity index (χ4n) is 0.609. The first kappa shape index (κ1) is 13.7. The van der Waals surface area contributed by atoms with Crippen LogP contribution < -0.4 is 0 Å². The molecule has 0 amide bonds. The maximum Gasteiger partial charge on any atom is 0.137 e. The molecule has 0 fully saturated rings. The van der Waals surface area contributed by atoms with Gasteiger partial charge in [-0.25, -0.2) is 0 Å². The summed E-state index contributed by atoms with van der Waals surface area (Å²) < 4.78 is 0. The minimum atomic E-state index is -1.53. The Labute approximate surface area is 89.9 Å². The van der Waals surface area contributed by atoms with Crippen LogP contribution in [0.2, 0.25) is 18.1 Å². The van der Waals surface area contributed by atoms with E-state index in [1.165, 1.54) is 0 Å². The molecule has 0 aliphatic heterocycles. The van der Waals surface area contributed by atoms with Crippen molar-refractivity contribution in [2.75, 3.05) is 0 Å². The molecule has 0 bridgehead atoms. The number of aliphatic hydroxyl groups is 1. The summed E-state index contributed by atoms with van der Waals surface area (Å²) in [4.78, 5) is 0. The van der Waals surface area contributed by atoms with Gasteiger partial charge < -0.3 is 5.11 Å². The van der Waals surface area contributed by atoms with Crippen LogP contribution in [0.3, 0.4) is 0 Å². The molecule has 1 N–H and O–H groups in total. The van der Waals surface area contributed by atoms with Gasteiger partial charge in [-0.3, -0.25) is 0 Å². The highest BCUT2D eigenvalue weighted by Gasteiger charge is 2.33. The van der Waals surface area contributed by atoms with Gasteiger partial charge in [-0.15, -0.1) is 5.54 Å². The summed E-state index contributed by atoms with van der Waals surface area (Å²) in [6, 6.07) is 0. The summed E-state index contributed by atoms with van der Waals surface area (Å²) in [7, 11) is -1.53. The first-order valence-electron chi connectivity index (χ1n) is 5.28. The van der Waals surface area contributed by atoms with Crippen LogP contribution >= 0.6 is 0 Å². The van der Waals surface area contributed by atoms with E-state index in [0.29, 0.717) is 0 Å². The van der Waals surface area contributed by atoms with Crippen molar-refractivity contribution >= 4 is 8.07 Å². The number of aliphatic hydroxyl groups excluding tert-OH is 1. The van der Waals surface area contributed by atoms with Crippen molar-refractivity contribution in [1.82, 2.24) is 0 Å². The van der Waals surface area contributed by atoms with Crippen molar-refractivity contribution in [2.45, 2.75) is 58.9 Å². The van der Waals surface area contributed by atoms with Crippen molar-refractivity contribution in [3.63, 3.8) is 0 Å². The Morgan fingerprint density at radius 2 is 1.57 bits per heavy atom. The van der Waals surface area contributed by atoms with E-state index >= 15 is 0 Å². The van der Waals surface area contributed by atoms with E-state index in [9.17, 15) is 5.11 Å². The highest BCUT2D eigenvalue weighted by Crippen LogP contribution is 2.35. The lowest BCUT2D eigenvalue weighted by atomic mass is 10.1. The van der Waals surface area contributed by atoms with Crippen molar-refractivity contribution in [3.8, 4) is 11.5 Å². The third-order valence-corrected chi connectivity index (χ3v) is 7.56. The predicted molar refractivity (Wildman–Crippen MR) is 65.8 cm³/mol. The van der Waals surface area contributed by atoms with E-state index < -0.39 is 14.2 Å². The van der Waals surface area contributed by atoms with Crippen molar-refractivity contribution in [3.05, 3.63) is 0 Å². The number of hydrogen-bond acceptors (Lipinski definition) is 1. The standard InChI is InChI=1S/C12H24OSi/c1-10(2)11(13)8-9-14(6,7)12(3,4)5/h10-11,13H,1-7H3/t11-/m0/s1. The Bertz CT molecular complexity index is 237. The summed E-state index contributed by atoms with van der Waals surface area (Å²) in [6.45, 7) is 15.2. The average molecular weight is 212 g/mol. The highest BCUT2D eigenvalue weighted by atomic mass is 28.3. The molecule has 0 spiro atoms. The quantitative estimate of drug-likeness (QED) is 0.523. The van der Waals surface area contributed by atoms with Crippen molar-refractivity contribution in [2.24, 2.45) is 5.92 Å². The van der Waals surface area contributed by atoms with Gasteiger partial charge in [-0.1, -0.05) is 53.6 Å². The molecule has 0 aromatic rings. The monoisotopic (exact) mass is 212 g/mol. The molecule has 0 unspecified atom stereocenters. The van der Waals surface area contributed by atoms with Crippen LogP contribution in [0.15, 0.2) is 0 Å². The fourth-order valence-corrected chi connectivity index (χ4v) is 1.49. The third kappa shape index (κ3) is 3.85. The van der Waals surface area contributed by atoms with Gasteiger partial charge in [0, 0.05) is 0 Å². The topological polar surface area (TPSA) is 20.2 Å². The Balaban J connectivity index is 4.65. The lowest BCUT2D eigenvalue weighted by Gasteiger charge is -2.31. The van der Waals surface area contributed by atoms with Gasteiger partial charge in [0.25, 0.3) is 0 Å². The molecule has 0 rings (SSSR count). The molecule has 2 heteroatoms. The molecule has 0 aliphatic rings.